The van der Waals surface area contributed by atoms with Crippen LogP contribution >= 0.6 is 11.3 Å². The zero-order chi connectivity index (χ0) is 45.9. The molecule has 70 heavy (non-hydrogen) atoms. The third-order valence-corrected chi connectivity index (χ3v) is 15.1. The van der Waals surface area contributed by atoms with E-state index in [2.05, 4.69) is 167 Å². The van der Waals surface area contributed by atoms with Gasteiger partial charge in [-0.2, -0.15) is 0 Å². The van der Waals surface area contributed by atoms with Crippen molar-refractivity contribution in [1.82, 2.24) is 24.1 Å². The molecule has 15 rings (SSSR count). The van der Waals surface area contributed by atoms with Crippen LogP contribution in [-0.4, -0.2) is 24.1 Å². The van der Waals surface area contributed by atoms with Crippen molar-refractivity contribution in [3.05, 3.63) is 224 Å². The SMILES string of the molecule is c1ccc(-c2nc(-c3ccccc3)nc(-c3ccc(-n4c5ccc(-c6ccc7sc8ccccc8c7c6)cc5c5cc6c(cc54)c4ccccc4n6-c4ccccc4)c4oc5ccccc5c34)n2)cc1. The lowest BCUT2D eigenvalue weighted by molar-refractivity contribution is 0.666. The van der Waals surface area contributed by atoms with Gasteiger partial charge in [0.2, 0.25) is 0 Å². The van der Waals surface area contributed by atoms with Crippen molar-refractivity contribution in [2.24, 2.45) is 0 Å². The highest BCUT2D eigenvalue weighted by Gasteiger charge is 2.25. The van der Waals surface area contributed by atoms with Crippen LogP contribution in [0.4, 0.5) is 0 Å². The largest absolute Gasteiger partial charge is 0.454 e. The molecule has 0 unspecified atom stereocenters. The number of benzene rings is 10. The number of hydrogen-bond donors (Lipinski definition) is 0. The van der Waals surface area contributed by atoms with Gasteiger partial charge in [0.05, 0.1) is 27.8 Å². The number of fused-ring (bicyclic) bond motifs is 12. The van der Waals surface area contributed by atoms with Crippen LogP contribution < -0.4 is 0 Å². The van der Waals surface area contributed by atoms with E-state index in [4.69, 9.17) is 19.4 Å². The Labute approximate surface area is 404 Å². The molecule has 10 aromatic carbocycles. The van der Waals surface area contributed by atoms with Gasteiger partial charge in [0.1, 0.15) is 5.58 Å². The number of aromatic nitrogens is 5. The molecule has 0 aliphatic rings. The Morgan fingerprint density at radius 1 is 0.343 bits per heavy atom. The summed E-state index contributed by atoms with van der Waals surface area (Å²) in [4.78, 5) is 15.5. The molecule has 0 aliphatic heterocycles. The van der Waals surface area contributed by atoms with Gasteiger partial charge in [-0.25, -0.2) is 15.0 Å². The van der Waals surface area contributed by atoms with E-state index in [9.17, 15) is 0 Å². The zero-order valence-electron chi connectivity index (χ0n) is 37.4. The Balaban J connectivity index is 1.03. The second-order valence-electron chi connectivity index (χ2n) is 17.9. The smallest absolute Gasteiger partial charge is 0.164 e. The van der Waals surface area contributed by atoms with Crippen LogP contribution in [0, 0.1) is 0 Å². The predicted molar refractivity (Wildman–Crippen MR) is 290 cm³/mol. The Morgan fingerprint density at radius 2 is 0.886 bits per heavy atom. The Bertz CT molecular complexity index is 4530. The van der Waals surface area contributed by atoms with E-state index in [1.54, 1.807) is 0 Å². The van der Waals surface area contributed by atoms with Gasteiger partial charge in [-0.3, -0.25) is 0 Å². The van der Waals surface area contributed by atoms with Crippen LogP contribution in [0.25, 0.3) is 142 Å². The first-order valence-corrected chi connectivity index (χ1v) is 24.3. The standard InChI is InChI=1S/C63H37N5OS/c1-4-16-38(17-5-1)61-64-62(39-18-6-2-7-19-39)66-63(65-61)46-30-32-53(60-59(46)45-24-11-14-26-56(45)69-60)68-52-31-28-40(41-29-33-58-50(35-41)44-23-12-15-27-57(44)70-58)34-47(52)49-37-54-48(36-55(49)68)43-22-10-13-25-51(43)67(54)42-20-8-3-9-21-42/h1-37H. The Hall–Kier alpha value is -9.17. The fraction of sp³-hybridized carbons (Fsp3) is 0. The Kier molecular flexibility index (Phi) is 8.43. The molecule has 5 aromatic heterocycles. The monoisotopic (exact) mass is 911 g/mol. The fourth-order valence-electron chi connectivity index (χ4n) is 10.8. The van der Waals surface area contributed by atoms with Gasteiger partial charge in [0.15, 0.2) is 23.1 Å². The third kappa shape index (κ3) is 5.89. The molecular formula is C63H37N5OS. The summed E-state index contributed by atoms with van der Waals surface area (Å²) in [5, 5.41) is 9.19. The minimum atomic E-state index is 0.577. The molecule has 0 spiro atoms. The summed E-state index contributed by atoms with van der Waals surface area (Å²) >= 11 is 1.85. The van der Waals surface area contributed by atoms with E-state index in [1.807, 2.05) is 78.1 Å². The molecule has 0 fully saturated rings. The highest BCUT2D eigenvalue weighted by atomic mass is 32.1. The molecule has 0 amide bonds. The first-order valence-electron chi connectivity index (χ1n) is 23.5. The lowest BCUT2D eigenvalue weighted by Crippen LogP contribution is -2.01. The lowest BCUT2D eigenvalue weighted by Gasteiger charge is -2.13. The molecule has 0 bridgehead atoms. The van der Waals surface area contributed by atoms with Crippen LogP contribution in [0.5, 0.6) is 0 Å². The first kappa shape index (κ1) is 38.9. The number of para-hydroxylation sites is 3. The number of furan rings is 1. The van der Waals surface area contributed by atoms with Gasteiger partial charge in [-0.15, -0.1) is 11.3 Å². The van der Waals surface area contributed by atoms with Crippen molar-refractivity contribution < 1.29 is 4.42 Å². The zero-order valence-corrected chi connectivity index (χ0v) is 38.2. The molecular weight excluding hydrogens is 875 g/mol. The predicted octanol–water partition coefficient (Wildman–Crippen LogP) is 17.0. The van der Waals surface area contributed by atoms with Crippen molar-refractivity contribution in [1.29, 1.82) is 0 Å². The molecule has 0 N–H and O–H groups in total. The highest BCUT2D eigenvalue weighted by molar-refractivity contribution is 7.25. The molecule has 0 saturated heterocycles. The quantitative estimate of drug-likeness (QED) is 0.167. The maximum atomic E-state index is 7.08. The maximum absolute atomic E-state index is 7.08. The van der Waals surface area contributed by atoms with Crippen molar-refractivity contribution in [2.75, 3.05) is 0 Å². The van der Waals surface area contributed by atoms with E-state index >= 15 is 0 Å². The minimum absolute atomic E-state index is 0.577. The minimum Gasteiger partial charge on any atom is -0.454 e. The molecule has 0 atom stereocenters. The number of hydrogen-bond acceptors (Lipinski definition) is 5. The number of thiophene rings is 1. The molecule has 6 nitrogen and oxygen atoms in total. The van der Waals surface area contributed by atoms with E-state index in [1.165, 1.54) is 36.5 Å². The van der Waals surface area contributed by atoms with Crippen LogP contribution in [0.15, 0.2) is 229 Å². The van der Waals surface area contributed by atoms with Crippen LogP contribution in [-0.2, 0) is 0 Å². The first-order chi connectivity index (χ1) is 34.7. The van der Waals surface area contributed by atoms with Crippen molar-refractivity contribution in [3.8, 4) is 56.7 Å². The van der Waals surface area contributed by atoms with Crippen molar-refractivity contribution in [2.45, 2.75) is 0 Å². The summed E-state index contributed by atoms with van der Waals surface area (Å²) in [5.74, 6) is 1.80. The van der Waals surface area contributed by atoms with Gasteiger partial charge in [-0.1, -0.05) is 146 Å². The van der Waals surface area contributed by atoms with Gasteiger partial charge in [-0.05, 0) is 90.0 Å². The summed E-state index contributed by atoms with van der Waals surface area (Å²) in [6, 6.07) is 79.8. The van der Waals surface area contributed by atoms with E-state index < -0.39 is 0 Å². The third-order valence-electron chi connectivity index (χ3n) is 14.0. The van der Waals surface area contributed by atoms with Crippen LogP contribution in [0.1, 0.15) is 0 Å². The molecule has 0 radical (unpaired) electrons. The van der Waals surface area contributed by atoms with Gasteiger partial charge in [0, 0.05) is 74.9 Å². The van der Waals surface area contributed by atoms with Crippen molar-refractivity contribution >= 4 is 97.1 Å². The lowest BCUT2D eigenvalue weighted by atomic mass is 10.0. The Morgan fingerprint density at radius 3 is 1.64 bits per heavy atom. The van der Waals surface area contributed by atoms with Gasteiger partial charge < -0.3 is 13.6 Å². The molecule has 326 valence electrons. The molecule has 0 saturated carbocycles. The number of rotatable bonds is 6. The van der Waals surface area contributed by atoms with Gasteiger partial charge in [0.25, 0.3) is 0 Å². The second-order valence-corrected chi connectivity index (χ2v) is 19.0. The second kappa shape index (κ2) is 15.2. The summed E-state index contributed by atoms with van der Waals surface area (Å²) in [6.07, 6.45) is 0. The summed E-state index contributed by atoms with van der Waals surface area (Å²) in [7, 11) is 0. The topological polar surface area (TPSA) is 61.7 Å². The van der Waals surface area contributed by atoms with Gasteiger partial charge >= 0.3 is 0 Å². The highest BCUT2D eigenvalue weighted by Crippen LogP contribution is 2.46. The normalized spacial score (nSPS) is 12.0. The summed E-state index contributed by atoms with van der Waals surface area (Å²) in [6.45, 7) is 0. The fourth-order valence-corrected chi connectivity index (χ4v) is 11.9. The van der Waals surface area contributed by atoms with E-state index in [0.717, 1.165) is 88.4 Å². The molecule has 0 aliphatic carbocycles. The molecule has 5 heterocycles. The average molecular weight is 912 g/mol. The molecule has 7 heteroatoms. The van der Waals surface area contributed by atoms with Crippen LogP contribution in [0.2, 0.25) is 0 Å². The molecule has 15 aromatic rings. The summed E-state index contributed by atoms with van der Waals surface area (Å²) in [5.41, 5.74) is 13.1. The van der Waals surface area contributed by atoms with Crippen LogP contribution in [0.3, 0.4) is 0 Å². The number of nitrogens with zero attached hydrogens (tertiary/aromatic N) is 5. The maximum Gasteiger partial charge on any atom is 0.164 e. The van der Waals surface area contributed by atoms with E-state index in [-0.39, 0.29) is 0 Å². The van der Waals surface area contributed by atoms with Crippen molar-refractivity contribution in [3.63, 3.8) is 0 Å². The van der Waals surface area contributed by atoms with E-state index in [0.29, 0.717) is 17.5 Å². The average Bonchev–Trinajstić information content (AvgIpc) is 4.18. The summed E-state index contributed by atoms with van der Waals surface area (Å²) < 4.78 is 14.5.